The fraction of sp³-hybridized carbons (Fsp3) is 0.200. The fourth-order valence-electron chi connectivity index (χ4n) is 3.30. The second kappa shape index (κ2) is 6.94. The van der Waals surface area contributed by atoms with Crippen molar-refractivity contribution in [2.45, 2.75) is 12.5 Å². The summed E-state index contributed by atoms with van der Waals surface area (Å²) in [5.74, 6) is -0.178. The third-order valence-electron chi connectivity index (χ3n) is 4.67. The van der Waals surface area contributed by atoms with Crippen molar-refractivity contribution in [3.05, 3.63) is 65.2 Å². The maximum absolute atomic E-state index is 12.9. The SMILES string of the molecule is O=C(N[C@H]1CCS(=O)(=O)C1)c1cc(-c2ccc(Cl)cc2)nc2ccccc12. The predicted octanol–water partition coefficient (Wildman–Crippen LogP) is 3.47. The van der Waals surface area contributed by atoms with Crippen LogP contribution in [-0.4, -0.2) is 36.9 Å². The number of pyridine rings is 1. The molecule has 1 N–H and O–H groups in total. The molecule has 0 unspecified atom stereocenters. The molecule has 138 valence electrons. The number of fused-ring (bicyclic) bond motifs is 1. The van der Waals surface area contributed by atoms with Crippen LogP contribution in [0.5, 0.6) is 0 Å². The van der Waals surface area contributed by atoms with Gasteiger partial charge < -0.3 is 5.32 Å². The number of carbonyl (C=O) groups is 1. The number of carbonyl (C=O) groups excluding carboxylic acids is 1. The number of amides is 1. The summed E-state index contributed by atoms with van der Waals surface area (Å²) in [5.41, 5.74) is 2.70. The summed E-state index contributed by atoms with van der Waals surface area (Å²) >= 11 is 5.96. The van der Waals surface area contributed by atoms with E-state index in [9.17, 15) is 13.2 Å². The number of nitrogens with zero attached hydrogens (tertiary/aromatic N) is 1. The van der Waals surface area contributed by atoms with Gasteiger partial charge in [-0.3, -0.25) is 4.79 Å². The Hall–Kier alpha value is -2.44. The van der Waals surface area contributed by atoms with Crippen molar-refractivity contribution in [3.63, 3.8) is 0 Å². The molecule has 5 nitrogen and oxygen atoms in total. The second-order valence-electron chi connectivity index (χ2n) is 6.65. The number of hydrogen-bond donors (Lipinski definition) is 1. The minimum Gasteiger partial charge on any atom is -0.348 e. The van der Waals surface area contributed by atoms with Crippen LogP contribution < -0.4 is 5.32 Å². The fourth-order valence-corrected chi connectivity index (χ4v) is 5.10. The number of benzene rings is 2. The molecule has 0 saturated carbocycles. The van der Waals surface area contributed by atoms with Crippen molar-refractivity contribution >= 4 is 38.2 Å². The summed E-state index contributed by atoms with van der Waals surface area (Å²) in [4.78, 5) is 17.6. The first-order valence-electron chi connectivity index (χ1n) is 8.58. The first-order valence-corrected chi connectivity index (χ1v) is 10.8. The van der Waals surface area contributed by atoms with Crippen LogP contribution in [0.25, 0.3) is 22.2 Å². The van der Waals surface area contributed by atoms with Crippen LogP contribution in [0.15, 0.2) is 54.6 Å². The average Bonchev–Trinajstić information content (AvgIpc) is 2.99. The van der Waals surface area contributed by atoms with Gasteiger partial charge in [0.2, 0.25) is 0 Å². The Morgan fingerprint density at radius 2 is 1.85 bits per heavy atom. The Morgan fingerprint density at radius 3 is 2.56 bits per heavy atom. The van der Waals surface area contributed by atoms with Gasteiger partial charge in [-0.25, -0.2) is 13.4 Å². The van der Waals surface area contributed by atoms with Gasteiger partial charge in [0.05, 0.1) is 28.3 Å². The topological polar surface area (TPSA) is 76.1 Å². The molecule has 2 heterocycles. The summed E-state index contributed by atoms with van der Waals surface area (Å²) in [5, 5.41) is 4.22. The predicted molar refractivity (Wildman–Crippen MR) is 107 cm³/mol. The van der Waals surface area contributed by atoms with E-state index in [0.29, 0.717) is 28.2 Å². The number of aromatic nitrogens is 1. The molecule has 7 heteroatoms. The third kappa shape index (κ3) is 3.82. The number of halogens is 1. The monoisotopic (exact) mass is 400 g/mol. The molecule has 2 aromatic carbocycles. The minimum atomic E-state index is -3.06. The molecule has 1 aliphatic heterocycles. The van der Waals surface area contributed by atoms with Gasteiger partial charge in [0.15, 0.2) is 9.84 Å². The molecule has 1 atom stereocenters. The van der Waals surface area contributed by atoms with Gasteiger partial charge in [0.25, 0.3) is 5.91 Å². The quantitative estimate of drug-likeness (QED) is 0.730. The summed E-state index contributed by atoms with van der Waals surface area (Å²) in [6.45, 7) is 0. The van der Waals surface area contributed by atoms with Gasteiger partial charge in [-0.05, 0) is 30.7 Å². The van der Waals surface area contributed by atoms with Gasteiger partial charge in [-0.15, -0.1) is 0 Å². The third-order valence-corrected chi connectivity index (χ3v) is 6.69. The van der Waals surface area contributed by atoms with Crippen molar-refractivity contribution in [1.29, 1.82) is 0 Å². The average molecular weight is 401 g/mol. The van der Waals surface area contributed by atoms with Gasteiger partial charge in [0, 0.05) is 22.0 Å². The number of rotatable bonds is 3. The van der Waals surface area contributed by atoms with E-state index in [-0.39, 0.29) is 23.5 Å². The van der Waals surface area contributed by atoms with Crippen molar-refractivity contribution in [2.24, 2.45) is 0 Å². The standard InChI is InChI=1S/C20H17ClN2O3S/c21-14-7-5-13(6-8-14)19-11-17(16-3-1-2-4-18(16)23-19)20(24)22-15-9-10-27(25,26)12-15/h1-8,11,15H,9-10,12H2,(H,22,24)/t15-/m0/s1. The zero-order chi connectivity index (χ0) is 19.0. The Kier molecular flexibility index (Phi) is 4.61. The van der Waals surface area contributed by atoms with Crippen LogP contribution >= 0.6 is 11.6 Å². The highest BCUT2D eigenvalue weighted by molar-refractivity contribution is 7.91. The molecule has 1 fully saturated rings. The van der Waals surface area contributed by atoms with Crippen LogP contribution in [0, 0.1) is 0 Å². The maximum atomic E-state index is 12.9. The van der Waals surface area contributed by atoms with Crippen LogP contribution in [0.1, 0.15) is 16.8 Å². The van der Waals surface area contributed by atoms with Crippen LogP contribution in [0.4, 0.5) is 0 Å². The molecular weight excluding hydrogens is 384 g/mol. The van der Waals surface area contributed by atoms with E-state index >= 15 is 0 Å². The normalized spacial score (nSPS) is 18.5. The molecule has 0 radical (unpaired) electrons. The van der Waals surface area contributed by atoms with Crippen molar-refractivity contribution in [2.75, 3.05) is 11.5 Å². The highest BCUT2D eigenvalue weighted by Gasteiger charge is 2.29. The molecule has 1 aromatic heterocycles. The summed E-state index contributed by atoms with van der Waals surface area (Å²) in [6.07, 6.45) is 0.446. The molecule has 27 heavy (non-hydrogen) atoms. The lowest BCUT2D eigenvalue weighted by molar-refractivity contribution is 0.0943. The largest absolute Gasteiger partial charge is 0.348 e. The molecular formula is C20H17ClN2O3S. The van der Waals surface area contributed by atoms with E-state index < -0.39 is 9.84 Å². The Balaban J connectivity index is 1.74. The first-order chi connectivity index (χ1) is 12.9. The number of nitrogens with one attached hydrogen (secondary N) is 1. The molecule has 3 aromatic rings. The van der Waals surface area contributed by atoms with Crippen LogP contribution in [0.2, 0.25) is 5.02 Å². The van der Waals surface area contributed by atoms with Gasteiger partial charge in [-0.1, -0.05) is 41.9 Å². The molecule has 1 saturated heterocycles. The van der Waals surface area contributed by atoms with Crippen LogP contribution in [0.3, 0.4) is 0 Å². The molecule has 0 bridgehead atoms. The van der Waals surface area contributed by atoms with E-state index in [4.69, 9.17) is 11.6 Å². The number of hydrogen-bond acceptors (Lipinski definition) is 4. The lowest BCUT2D eigenvalue weighted by Gasteiger charge is -2.14. The van der Waals surface area contributed by atoms with E-state index in [2.05, 4.69) is 10.3 Å². The molecule has 0 aliphatic carbocycles. The van der Waals surface area contributed by atoms with E-state index in [1.807, 2.05) is 36.4 Å². The van der Waals surface area contributed by atoms with Gasteiger partial charge in [-0.2, -0.15) is 0 Å². The molecule has 1 amide bonds. The summed E-state index contributed by atoms with van der Waals surface area (Å²) < 4.78 is 23.3. The van der Waals surface area contributed by atoms with Crippen molar-refractivity contribution in [3.8, 4) is 11.3 Å². The Morgan fingerprint density at radius 1 is 1.11 bits per heavy atom. The van der Waals surface area contributed by atoms with E-state index in [1.165, 1.54) is 0 Å². The minimum absolute atomic E-state index is 0.00814. The first kappa shape index (κ1) is 17.9. The van der Waals surface area contributed by atoms with Gasteiger partial charge in [0.1, 0.15) is 0 Å². The second-order valence-corrected chi connectivity index (χ2v) is 9.32. The molecule has 4 rings (SSSR count). The lowest BCUT2D eigenvalue weighted by Crippen LogP contribution is -2.35. The Labute approximate surface area is 162 Å². The smallest absolute Gasteiger partial charge is 0.252 e. The highest BCUT2D eigenvalue weighted by atomic mass is 35.5. The molecule has 1 aliphatic rings. The summed E-state index contributed by atoms with van der Waals surface area (Å²) in [7, 11) is -3.06. The van der Waals surface area contributed by atoms with Crippen LogP contribution in [-0.2, 0) is 9.84 Å². The van der Waals surface area contributed by atoms with E-state index in [1.54, 1.807) is 18.2 Å². The lowest BCUT2D eigenvalue weighted by atomic mass is 10.0. The zero-order valence-corrected chi connectivity index (χ0v) is 15.9. The van der Waals surface area contributed by atoms with Gasteiger partial charge >= 0.3 is 0 Å². The van der Waals surface area contributed by atoms with Crippen molar-refractivity contribution < 1.29 is 13.2 Å². The molecule has 0 spiro atoms. The zero-order valence-electron chi connectivity index (χ0n) is 14.4. The van der Waals surface area contributed by atoms with Crippen molar-refractivity contribution in [1.82, 2.24) is 10.3 Å². The highest BCUT2D eigenvalue weighted by Crippen LogP contribution is 2.26. The van der Waals surface area contributed by atoms with E-state index in [0.717, 1.165) is 10.9 Å². The Bertz CT molecular complexity index is 1130. The maximum Gasteiger partial charge on any atom is 0.252 e. The number of para-hydroxylation sites is 1. The summed E-state index contributed by atoms with van der Waals surface area (Å²) in [6, 6.07) is 16.1. The number of sulfone groups is 1.